The summed E-state index contributed by atoms with van der Waals surface area (Å²) in [6, 6.07) is 13.4. The van der Waals surface area contributed by atoms with Gasteiger partial charge in [-0.05, 0) is 53.8 Å². The number of hydrogen-bond donors (Lipinski definition) is 3. The molecule has 0 aliphatic carbocycles. The third kappa shape index (κ3) is 5.63. The lowest BCUT2D eigenvalue weighted by atomic mass is 9.62. The Kier molecular flexibility index (Phi) is 8.42. The van der Waals surface area contributed by atoms with Crippen LogP contribution >= 0.6 is 23.2 Å². The van der Waals surface area contributed by atoms with Crippen LogP contribution in [0.4, 0.5) is 14.5 Å². The highest BCUT2D eigenvalue weighted by molar-refractivity contribution is 6.31. The number of carbonyl (C=O) groups is 2. The number of esters is 1. The standard InChI is InChI=1S/C32H29Cl2F2N5O3/c1-31(2,3)14-24-32(15-37,19-10-8-16(33)12-21(19)35)25(18-6-5-7-20(34)26(18)36)27(41-24)29(42)38-17-9-11-22-23(13-17)40-28(39-22)30(43)44-4/h5-13,24-25,27,41H,14H2,1-4H3,(H,38,42)(H,39,40)/t24-,25-,27+,32-/m0/s1. The van der Waals surface area contributed by atoms with Gasteiger partial charge in [0.2, 0.25) is 11.7 Å². The average molecular weight is 641 g/mol. The molecule has 12 heteroatoms. The topological polar surface area (TPSA) is 120 Å². The van der Waals surface area contributed by atoms with E-state index in [1.54, 1.807) is 18.2 Å². The molecule has 4 aromatic rings. The van der Waals surface area contributed by atoms with E-state index in [0.29, 0.717) is 23.1 Å². The van der Waals surface area contributed by atoms with E-state index in [4.69, 9.17) is 27.9 Å². The molecule has 2 heterocycles. The van der Waals surface area contributed by atoms with Gasteiger partial charge in [-0.25, -0.2) is 18.6 Å². The van der Waals surface area contributed by atoms with Crippen molar-refractivity contribution in [3.8, 4) is 6.07 Å². The minimum atomic E-state index is -1.75. The van der Waals surface area contributed by atoms with E-state index in [9.17, 15) is 14.9 Å². The first-order chi connectivity index (χ1) is 20.8. The van der Waals surface area contributed by atoms with Crippen molar-refractivity contribution in [2.24, 2.45) is 5.41 Å². The number of anilines is 1. The second kappa shape index (κ2) is 11.8. The fourth-order valence-corrected chi connectivity index (χ4v) is 6.39. The lowest BCUT2D eigenvalue weighted by Gasteiger charge is -2.37. The first-order valence-electron chi connectivity index (χ1n) is 13.7. The number of nitrogens with one attached hydrogen (secondary N) is 3. The molecule has 1 amide bonds. The number of nitrogens with zero attached hydrogens (tertiary/aromatic N) is 2. The lowest BCUT2D eigenvalue weighted by molar-refractivity contribution is -0.118. The minimum Gasteiger partial charge on any atom is -0.463 e. The molecule has 5 rings (SSSR count). The molecule has 0 saturated carbocycles. The Balaban J connectivity index is 1.65. The maximum atomic E-state index is 15.8. The van der Waals surface area contributed by atoms with Crippen molar-refractivity contribution in [1.82, 2.24) is 15.3 Å². The first kappa shape index (κ1) is 31.4. The van der Waals surface area contributed by atoms with Crippen LogP contribution in [-0.4, -0.2) is 41.0 Å². The Morgan fingerprint density at radius 1 is 1.14 bits per heavy atom. The van der Waals surface area contributed by atoms with E-state index >= 15 is 8.78 Å². The number of rotatable bonds is 6. The van der Waals surface area contributed by atoms with Crippen molar-refractivity contribution in [3.05, 3.63) is 93.2 Å². The Morgan fingerprint density at radius 2 is 1.89 bits per heavy atom. The van der Waals surface area contributed by atoms with Crippen LogP contribution in [-0.2, 0) is 14.9 Å². The van der Waals surface area contributed by atoms with Gasteiger partial charge in [-0.2, -0.15) is 5.26 Å². The van der Waals surface area contributed by atoms with Crippen LogP contribution in [0, 0.1) is 28.4 Å². The van der Waals surface area contributed by atoms with Gasteiger partial charge >= 0.3 is 5.97 Å². The molecule has 228 valence electrons. The van der Waals surface area contributed by atoms with Crippen molar-refractivity contribution < 1.29 is 23.1 Å². The fourth-order valence-electron chi connectivity index (χ4n) is 6.05. The molecule has 0 unspecified atom stereocenters. The second-order valence-electron chi connectivity index (χ2n) is 12.0. The van der Waals surface area contributed by atoms with Crippen LogP contribution in [0.3, 0.4) is 0 Å². The smallest absolute Gasteiger partial charge is 0.374 e. The van der Waals surface area contributed by atoms with Gasteiger partial charge in [0.15, 0.2) is 0 Å². The van der Waals surface area contributed by atoms with E-state index in [2.05, 4.69) is 26.7 Å². The molecule has 3 N–H and O–H groups in total. The van der Waals surface area contributed by atoms with Gasteiger partial charge in [0.25, 0.3) is 0 Å². The highest BCUT2D eigenvalue weighted by Gasteiger charge is 2.61. The van der Waals surface area contributed by atoms with Gasteiger partial charge in [-0.3, -0.25) is 4.79 Å². The van der Waals surface area contributed by atoms with Gasteiger partial charge in [-0.15, -0.1) is 0 Å². The van der Waals surface area contributed by atoms with Crippen molar-refractivity contribution in [1.29, 1.82) is 5.26 Å². The summed E-state index contributed by atoms with van der Waals surface area (Å²) >= 11 is 12.3. The number of nitriles is 1. The zero-order valence-electron chi connectivity index (χ0n) is 24.3. The lowest BCUT2D eigenvalue weighted by Crippen LogP contribution is -2.45. The van der Waals surface area contributed by atoms with E-state index in [1.807, 2.05) is 20.8 Å². The number of amides is 1. The summed E-state index contributed by atoms with van der Waals surface area (Å²) < 4.78 is 36.4. The number of carbonyl (C=O) groups excluding carboxylic acids is 2. The average Bonchev–Trinajstić information content (AvgIpc) is 3.52. The molecular formula is C32H29Cl2F2N5O3. The van der Waals surface area contributed by atoms with E-state index in [-0.39, 0.29) is 32.4 Å². The summed E-state index contributed by atoms with van der Waals surface area (Å²) in [4.78, 5) is 33.1. The molecule has 0 bridgehead atoms. The Labute approximate surface area is 262 Å². The summed E-state index contributed by atoms with van der Waals surface area (Å²) in [7, 11) is 1.24. The van der Waals surface area contributed by atoms with Gasteiger partial charge in [0, 0.05) is 28.2 Å². The van der Waals surface area contributed by atoms with Crippen LogP contribution in [0.5, 0.6) is 0 Å². The number of ether oxygens (including phenoxy) is 1. The number of methoxy groups -OCH3 is 1. The van der Waals surface area contributed by atoms with Crippen molar-refractivity contribution in [2.45, 2.75) is 50.6 Å². The van der Waals surface area contributed by atoms with Gasteiger partial charge < -0.3 is 20.4 Å². The number of fused-ring (bicyclic) bond motifs is 1. The molecule has 3 aromatic carbocycles. The van der Waals surface area contributed by atoms with E-state index in [1.165, 1.54) is 37.4 Å². The molecule has 4 atom stereocenters. The first-order valence-corrected chi connectivity index (χ1v) is 14.5. The summed E-state index contributed by atoms with van der Waals surface area (Å²) in [5, 5.41) is 17.0. The summed E-state index contributed by atoms with van der Waals surface area (Å²) in [6.45, 7) is 5.87. The SMILES string of the molecule is COC(=O)c1nc2cc(NC(=O)[C@@H]3N[C@@H](CC(C)(C)C)[C@](C#N)(c4ccc(Cl)cc4F)[C@H]3c3cccc(Cl)c3F)ccc2[nH]1. The second-order valence-corrected chi connectivity index (χ2v) is 12.8. The normalized spacial score (nSPS) is 21.7. The Bertz CT molecular complexity index is 1820. The molecular weight excluding hydrogens is 611 g/mol. The number of benzene rings is 3. The van der Waals surface area contributed by atoms with Crippen molar-refractivity contribution in [3.63, 3.8) is 0 Å². The van der Waals surface area contributed by atoms with Crippen molar-refractivity contribution in [2.75, 3.05) is 12.4 Å². The zero-order chi connectivity index (χ0) is 32.0. The van der Waals surface area contributed by atoms with Gasteiger partial charge in [0.1, 0.15) is 17.0 Å². The van der Waals surface area contributed by atoms with Crippen LogP contribution < -0.4 is 10.6 Å². The monoisotopic (exact) mass is 639 g/mol. The number of hydrogen-bond acceptors (Lipinski definition) is 6. The van der Waals surface area contributed by atoms with Crippen molar-refractivity contribution >= 4 is 51.8 Å². The predicted molar refractivity (Wildman–Crippen MR) is 164 cm³/mol. The third-order valence-corrected chi connectivity index (χ3v) is 8.39. The molecule has 1 saturated heterocycles. The maximum Gasteiger partial charge on any atom is 0.374 e. The highest BCUT2D eigenvalue weighted by atomic mass is 35.5. The van der Waals surface area contributed by atoms with E-state index < -0.39 is 46.9 Å². The van der Waals surface area contributed by atoms with Gasteiger partial charge in [0.05, 0.1) is 35.3 Å². The van der Waals surface area contributed by atoms with Crippen LogP contribution in [0.15, 0.2) is 54.6 Å². The fraction of sp³-hybridized carbons (Fsp3) is 0.312. The summed E-state index contributed by atoms with van der Waals surface area (Å²) in [5.74, 6) is -4.03. The number of aromatic nitrogens is 2. The molecule has 0 radical (unpaired) electrons. The number of H-pyrrole nitrogens is 1. The van der Waals surface area contributed by atoms with Crippen LogP contribution in [0.1, 0.15) is 54.9 Å². The Hall–Kier alpha value is -4.04. The van der Waals surface area contributed by atoms with E-state index in [0.717, 1.165) is 6.07 Å². The van der Waals surface area contributed by atoms with Crippen LogP contribution in [0.2, 0.25) is 10.0 Å². The summed E-state index contributed by atoms with van der Waals surface area (Å²) in [6.07, 6.45) is 0.334. The number of halogens is 4. The molecule has 1 aromatic heterocycles. The highest BCUT2D eigenvalue weighted by Crippen LogP contribution is 2.53. The third-order valence-electron chi connectivity index (χ3n) is 7.86. The molecule has 1 aliphatic rings. The minimum absolute atomic E-state index is 0.00579. The number of aromatic amines is 1. The molecule has 0 spiro atoms. The molecule has 8 nitrogen and oxygen atoms in total. The largest absolute Gasteiger partial charge is 0.463 e. The molecule has 44 heavy (non-hydrogen) atoms. The molecule has 1 aliphatic heterocycles. The quantitative estimate of drug-likeness (QED) is 0.198. The molecule has 1 fully saturated rings. The Morgan fingerprint density at radius 3 is 2.55 bits per heavy atom. The summed E-state index contributed by atoms with van der Waals surface area (Å²) in [5.41, 5.74) is -0.905. The predicted octanol–water partition coefficient (Wildman–Crippen LogP) is 6.89. The maximum absolute atomic E-state index is 15.8. The van der Waals surface area contributed by atoms with Gasteiger partial charge in [-0.1, -0.05) is 62.2 Å². The zero-order valence-corrected chi connectivity index (χ0v) is 25.8. The van der Waals surface area contributed by atoms with Crippen LogP contribution in [0.25, 0.3) is 11.0 Å². The number of imidazole rings is 1.